The van der Waals surface area contributed by atoms with Crippen molar-refractivity contribution in [1.29, 1.82) is 0 Å². The molecule has 3 rings (SSSR count). The summed E-state index contributed by atoms with van der Waals surface area (Å²) in [6.45, 7) is 2.67. The number of amides is 1. The van der Waals surface area contributed by atoms with Crippen LogP contribution in [0.5, 0.6) is 0 Å². The molecule has 6 nitrogen and oxygen atoms in total. The largest absolute Gasteiger partial charge is 0.416 e. The van der Waals surface area contributed by atoms with Crippen molar-refractivity contribution >= 4 is 17.7 Å². The lowest BCUT2D eigenvalue weighted by molar-refractivity contribution is -0.137. The fourth-order valence-electron chi connectivity index (χ4n) is 3.71. The first-order chi connectivity index (χ1) is 14.6. The van der Waals surface area contributed by atoms with Crippen molar-refractivity contribution in [2.75, 3.05) is 30.9 Å². The standard InChI is InChI=1S/C22H28F3N5O/c1-14-11-19(30(2)3)29-21(27-14)26-13-15-7-9-18(10-8-15)28-20(31)16-5-4-6-17(12-16)22(23,24)25/h4-6,11-12,15,18H,7-10,13H2,1-3H3,(H,28,31)(H,26,27,29). The van der Waals surface area contributed by atoms with Crippen molar-refractivity contribution in [1.82, 2.24) is 15.3 Å². The van der Waals surface area contributed by atoms with E-state index in [4.69, 9.17) is 0 Å². The molecule has 1 heterocycles. The highest BCUT2D eigenvalue weighted by Crippen LogP contribution is 2.30. The molecule has 1 amide bonds. The average molecular weight is 435 g/mol. The summed E-state index contributed by atoms with van der Waals surface area (Å²) in [7, 11) is 3.86. The lowest BCUT2D eigenvalue weighted by atomic mass is 9.86. The van der Waals surface area contributed by atoms with Crippen LogP contribution < -0.4 is 15.5 Å². The van der Waals surface area contributed by atoms with E-state index in [1.54, 1.807) is 0 Å². The molecule has 2 N–H and O–H groups in total. The molecule has 31 heavy (non-hydrogen) atoms. The zero-order valence-corrected chi connectivity index (χ0v) is 18.0. The highest BCUT2D eigenvalue weighted by molar-refractivity contribution is 5.94. The summed E-state index contributed by atoms with van der Waals surface area (Å²) in [6, 6.07) is 6.42. The summed E-state index contributed by atoms with van der Waals surface area (Å²) in [6.07, 6.45) is -1.07. The highest BCUT2D eigenvalue weighted by Gasteiger charge is 2.31. The van der Waals surface area contributed by atoms with E-state index in [1.807, 2.05) is 32.0 Å². The number of rotatable bonds is 6. The predicted molar refractivity (Wildman–Crippen MR) is 114 cm³/mol. The first-order valence-corrected chi connectivity index (χ1v) is 10.4. The van der Waals surface area contributed by atoms with Crippen molar-refractivity contribution in [2.24, 2.45) is 5.92 Å². The van der Waals surface area contributed by atoms with Gasteiger partial charge in [-0.1, -0.05) is 6.07 Å². The van der Waals surface area contributed by atoms with Gasteiger partial charge in [0.25, 0.3) is 5.91 Å². The topological polar surface area (TPSA) is 70.2 Å². The van der Waals surface area contributed by atoms with Crippen molar-refractivity contribution in [2.45, 2.75) is 44.8 Å². The molecule has 9 heteroatoms. The maximum Gasteiger partial charge on any atom is 0.416 e. The predicted octanol–water partition coefficient (Wildman–Crippen LogP) is 4.27. The molecule has 2 aromatic rings. The van der Waals surface area contributed by atoms with Gasteiger partial charge in [-0.3, -0.25) is 4.79 Å². The normalized spacial score (nSPS) is 19.0. The van der Waals surface area contributed by atoms with E-state index in [9.17, 15) is 18.0 Å². The van der Waals surface area contributed by atoms with E-state index in [-0.39, 0.29) is 11.6 Å². The molecule has 0 aliphatic heterocycles. The average Bonchev–Trinajstić information content (AvgIpc) is 2.72. The monoisotopic (exact) mass is 435 g/mol. The number of carbonyl (C=O) groups is 1. The van der Waals surface area contributed by atoms with Gasteiger partial charge in [0, 0.05) is 44.0 Å². The molecule has 168 valence electrons. The van der Waals surface area contributed by atoms with Crippen LogP contribution in [0.3, 0.4) is 0 Å². The zero-order chi connectivity index (χ0) is 22.6. The van der Waals surface area contributed by atoms with Gasteiger partial charge >= 0.3 is 6.18 Å². The second-order valence-electron chi connectivity index (χ2n) is 8.24. The first-order valence-electron chi connectivity index (χ1n) is 10.4. The third-order valence-corrected chi connectivity index (χ3v) is 5.48. The van der Waals surface area contributed by atoms with E-state index in [1.165, 1.54) is 12.1 Å². The van der Waals surface area contributed by atoms with Crippen LogP contribution in [0.1, 0.15) is 47.3 Å². The van der Waals surface area contributed by atoms with Crippen LogP contribution >= 0.6 is 0 Å². The molecular weight excluding hydrogens is 407 g/mol. The van der Waals surface area contributed by atoms with Gasteiger partial charge in [-0.2, -0.15) is 18.2 Å². The Morgan fingerprint density at radius 2 is 1.84 bits per heavy atom. The van der Waals surface area contributed by atoms with Crippen LogP contribution in [-0.4, -0.2) is 42.6 Å². The number of nitrogens with zero attached hydrogens (tertiary/aromatic N) is 3. The van der Waals surface area contributed by atoms with E-state index in [2.05, 4.69) is 20.6 Å². The van der Waals surface area contributed by atoms with Crippen LogP contribution in [0.4, 0.5) is 24.9 Å². The number of hydrogen-bond acceptors (Lipinski definition) is 5. The molecule has 1 aliphatic rings. The molecular formula is C22H28F3N5O. The SMILES string of the molecule is Cc1cc(N(C)C)nc(NCC2CCC(NC(=O)c3cccc(C(F)(F)F)c3)CC2)n1. The summed E-state index contributed by atoms with van der Waals surface area (Å²) in [5, 5.41) is 6.19. The smallest absolute Gasteiger partial charge is 0.363 e. The van der Waals surface area contributed by atoms with Gasteiger partial charge in [-0.15, -0.1) is 0 Å². The first kappa shape index (κ1) is 22.8. The van der Waals surface area contributed by atoms with Gasteiger partial charge in [0.1, 0.15) is 5.82 Å². The summed E-state index contributed by atoms with van der Waals surface area (Å²) < 4.78 is 38.6. The van der Waals surface area contributed by atoms with Crippen LogP contribution in [0.25, 0.3) is 0 Å². The van der Waals surface area contributed by atoms with Crippen molar-refractivity contribution in [3.8, 4) is 0 Å². The van der Waals surface area contributed by atoms with Gasteiger partial charge in [0.2, 0.25) is 5.95 Å². The minimum absolute atomic E-state index is 0.0335. The lowest BCUT2D eigenvalue weighted by Crippen LogP contribution is -2.38. The maximum atomic E-state index is 12.9. The Labute approximate surface area is 180 Å². The van der Waals surface area contributed by atoms with Gasteiger partial charge in [-0.25, -0.2) is 4.98 Å². The Balaban J connectivity index is 1.48. The molecule has 1 aromatic carbocycles. The number of hydrogen-bond donors (Lipinski definition) is 2. The Kier molecular flexibility index (Phi) is 7.02. The number of alkyl halides is 3. The molecule has 1 saturated carbocycles. The summed E-state index contributed by atoms with van der Waals surface area (Å²) in [5.74, 6) is 1.41. The molecule has 0 atom stereocenters. The third kappa shape index (κ3) is 6.32. The lowest BCUT2D eigenvalue weighted by Gasteiger charge is -2.29. The van der Waals surface area contributed by atoms with Crippen LogP contribution in [0, 0.1) is 12.8 Å². The summed E-state index contributed by atoms with van der Waals surface area (Å²) in [4.78, 5) is 23.2. The molecule has 1 aromatic heterocycles. The van der Waals surface area contributed by atoms with E-state index in [0.717, 1.165) is 55.9 Å². The Hall–Kier alpha value is -2.84. The molecule has 0 bridgehead atoms. The van der Waals surface area contributed by atoms with Gasteiger partial charge in [-0.05, 0) is 56.7 Å². The molecule has 0 radical (unpaired) electrons. The fourth-order valence-corrected chi connectivity index (χ4v) is 3.71. The quantitative estimate of drug-likeness (QED) is 0.709. The van der Waals surface area contributed by atoms with E-state index >= 15 is 0 Å². The highest BCUT2D eigenvalue weighted by atomic mass is 19.4. The van der Waals surface area contributed by atoms with Crippen LogP contribution in [0.2, 0.25) is 0 Å². The second kappa shape index (κ2) is 9.53. The van der Waals surface area contributed by atoms with E-state index < -0.39 is 17.6 Å². The third-order valence-electron chi connectivity index (χ3n) is 5.48. The Morgan fingerprint density at radius 1 is 1.13 bits per heavy atom. The Bertz CT molecular complexity index is 908. The van der Waals surface area contributed by atoms with Gasteiger partial charge < -0.3 is 15.5 Å². The zero-order valence-electron chi connectivity index (χ0n) is 18.0. The maximum absolute atomic E-state index is 12.9. The molecule has 1 fully saturated rings. The molecule has 1 aliphatic carbocycles. The van der Waals surface area contributed by atoms with Gasteiger partial charge in [0.15, 0.2) is 0 Å². The minimum Gasteiger partial charge on any atom is -0.363 e. The van der Waals surface area contributed by atoms with Crippen molar-refractivity contribution in [3.63, 3.8) is 0 Å². The number of nitrogens with one attached hydrogen (secondary N) is 2. The second-order valence-corrected chi connectivity index (χ2v) is 8.24. The van der Waals surface area contributed by atoms with Crippen LogP contribution in [-0.2, 0) is 6.18 Å². The number of halogens is 3. The molecule has 0 spiro atoms. The van der Waals surface area contributed by atoms with Crippen molar-refractivity contribution in [3.05, 3.63) is 47.2 Å². The fraction of sp³-hybridized carbons (Fsp3) is 0.500. The van der Waals surface area contributed by atoms with Crippen molar-refractivity contribution < 1.29 is 18.0 Å². The number of carbonyl (C=O) groups excluding carboxylic acids is 1. The minimum atomic E-state index is -4.46. The molecule has 0 unspecified atom stereocenters. The molecule has 0 saturated heterocycles. The van der Waals surface area contributed by atoms with Gasteiger partial charge in [0.05, 0.1) is 5.56 Å². The number of benzene rings is 1. The summed E-state index contributed by atoms with van der Waals surface area (Å²) in [5.41, 5.74) is 0.111. The number of aryl methyl sites for hydroxylation is 1. The summed E-state index contributed by atoms with van der Waals surface area (Å²) >= 11 is 0. The number of anilines is 2. The Morgan fingerprint density at radius 3 is 2.48 bits per heavy atom. The van der Waals surface area contributed by atoms with Crippen LogP contribution in [0.15, 0.2) is 30.3 Å². The number of aromatic nitrogens is 2. The van der Waals surface area contributed by atoms with E-state index in [0.29, 0.717) is 11.9 Å².